The Morgan fingerprint density at radius 2 is 2.20 bits per heavy atom. The van der Waals surface area contributed by atoms with Crippen LogP contribution in [0.4, 0.5) is 5.69 Å². The number of nitrogens with zero attached hydrogens (tertiary/aromatic N) is 3. The van der Waals surface area contributed by atoms with Crippen LogP contribution in [0.1, 0.15) is 12.5 Å². The van der Waals surface area contributed by atoms with Gasteiger partial charge < -0.3 is 9.47 Å². The van der Waals surface area contributed by atoms with E-state index < -0.39 is 0 Å². The fourth-order valence-electron chi connectivity index (χ4n) is 1.54. The van der Waals surface area contributed by atoms with Crippen molar-refractivity contribution in [1.29, 1.82) is 5.26 Å². The molecular formula is C14H11N3O3. The van der Waals surface area contributed by atoms with Crippen LogP contribution >= 0.6 is 0 Å². The summed E-state index contributed by atoms with van der Waals surface area (Å²) >= 11 is 0. The third-order valence-electron chi connectivity index (χ3n) is 2.42. The summed E-state index contributed by atoms with van der Waals surface area (Å²) in [4.78, 5) is 14.2. The van der Waals surface area contributed by atoms with Crippen LogP contribution in [-0.4, -0.2) is 11.6 Å². The van der Waals surface area contributed by atoms with E-state index in [1.165, 1.54) is 18.3 Å². The second kappa shape index (κ2) is 6.29. The first-order chi connectivity index (χ1) is 9.76. The van der Waals surface area contributed by atoms with E-state index in [4.69, 9.17) is 14.7 Å². The maximum Gasteiger partial charge on any atom is 0.219 e. The van der Waals surface area contributed by atoms with Crippen LogP contribution in [0.5, 0.6) is 17.4 Å². The lowest BCUT2D eigenvalue weighted by molar-refractivity contribution is 0.337. The molecule has 2 aromatic rings. The molecule has 0 amide bonds. The van der Waals surface area contributed by atoms with Gasteiger partial charge in [-0.05, 0) is 30.3 Å². The third-order valence-corrected chi connectivity index (χ3v) is 2.42. The Balaban J connectivity index is 2.22. The van der Waals surface area contributed by atoms with Crippen LogP contribution in [0.3, 0.4) is 0 Å². The molecule has 0 aliphatic heterocycles. The number of rotatable bonds is 5. The highest BCUT2D eigenvalue weighted by Gasteiger charge is 2.06. The van der Waals surface area contributed by atoms with Gasteiger partial charge in [0.2, 0.25) is 5.88 Å². The normalized spacial score (nSPS) is 9.60. The molecule has 6 nitrogen and oxygen atoms in total. The molecule has 0 aliphatic rings. The van der Waals surface area contributed by atoms with Gasteiger partial charge >= 0.3 is 0 Å². The average Bonchev–Trinajstić information content (AvgIpc) is 2.49. The Labute approximate surface area is 115 Å². The van der Waals surface area contributed by atoms with Gasteiger partial charge in [-0.3, -0.25) is 0 Å². The number of aromatic nitrogens is 1. The standard InChI is InChI=1S/C14H11N3O3/c1-2-19-13-7-12(5-3-10(13)8-15)20-14-6-4-11(17-18)9-16-14/h3-7,9H,2H2,1H3. The van der Waals surface area contributed by atoms with Crippen LogP contribution < -0.4 is 9.47 Å². The molecule has 0 radical (unpaired) electrons. The zero-order valence-electron chi connectivity index (χ0n) is 10.7. The summed E-state index contributed by atoms with van der Waals surface area (Å²) in [7, 11) is 0. The van der Waals surface area contributed by atoms with Gasteiger partial charge in [0.15, 0.2) is 0 Å². The molecule has 0 bridgehead atoms. The first-order valence-corrected chi connectivity index (χ1v) is 5.91. The zero-order chi connectivity index (χ0) is 14.4. The lowest BCUT2D eigenvalue weighted by Gasteiger charge is -2.09. The monoisotopic (exact) mass is 269 g/mol. The van der Waals surface area contributed by atoms with Crippen LogP contribution in [0.2, 0.25) is 0 Å². The van der Waals surface area contributed by atoms with Crippen molar-refractivity contribution in [2.24, 2.45) is 5.18 Å². The van der Waals surface area contributed by atoms with E-state index in [1.54, 1.807) is 18.2 Å². The minimum atomic E-state index is 0.229. The summed E-state index contributed by atoms with van der Waals surface area (Å²) in [6, 6.07) is 9.96. The highest BCUT2D eigenvalue weighted by atomic mass is 16.5. The van der Waals surface area contributed by atoms with E-state index in [0.29, 0.717) is 29.5 Å². The lowest BCUT2D eigenvalue weighted by Crippen LogP contribution is -1.95. The maximum absolute atomic E-state index is 10.3. The van der Waals surface area contributed by atoms with E-state index in [1.807, 2.05) is 13.0 Å². The summed E-state index contributed by atoms with van der Waals surface area (Å²) in [5, 5.41) is 11.7. The molecule has 0 saturated carbocycles. The van der Waals surface area contributed by atoms with E-state index in [9.17, 15) is 4.91 Å². The van der Waals surface area contributed by atoms with Crippen LogP contribution in [0.25, 0.3) is 0 Å². The predicted octanol–water partition coefficient (Wildman–Crippen LogP) is 3.54. The fourth-order valence-corrected chi connectivity index (χ4v) is 1.54. The summed E-state index contributed by atoms with van der Waals surface area (Å²) in [5.74, 6) is 1.27. The van der Waals surface area contributed by atoms with E-state index in [-0.39, 0.29) is 5.69 Å². The van der Waals surface area contributed by atoms with E-state index in [2.05, 4.69) is 10.2 Å². The molecule has 1 heterocycles. The maximum atomic E-state index is 10.3. The second-order valence-electron chi connectivity index (χ2n) is 3.75. The van der Waals surface area contributed by atoms with Crippen molar-refractivity contribution >= 4 is 5.69 Å². The Morgan fingerprint density at radius 3 is 2.80 bits per heavy atom. The molecule has 20 heavy (non-hydrogen) atoms. The fraction of sp³-hybridized carbons (Fsp3) is 0.143. The zero-order valence-corrected chi connectivity index (χ0v) is 10.7. The number of benzene rings is 1. The van der Waals surface area contributed by atoms with Gasteiger partial charge in [-0.25, -0.2) is 4.98 Å². The highest BCUT2D eigenvalue weighted by molar-refractivity contribution is 5.48. The number of nitroso groups, excluding NO2 is 1. The van der Waals surface area contributed by atoms with E-state index in [0.717, 1.165) is 0 Å². The number of ether oxygens (including phenoxy) is 2. The SMILES string of the molecule is CCOc1cc(Oc2ccc(N=O)cn2)ccc1C#N. The first kappa shape index (κ1) is 13.5. The Hall–Kier alpha value is -2.94. The van der Waals surface area contributed by atoms with Gasteiger partial charge in [0.1, 0.15) is 23.3 Å². The highest BCUT2D eigenvalue weighted by Crippen LogP contribution is 2.28. The average molecular weight is 269 g/mol. The van der Waals surface area contributed by atoms with Crippen molar-refractivity contribution in [1.82, 2.24) is 4.98 Å². The molecule has 0 atom stereocenters. The topological polar surface area (TPSA) is 84.6 Å². The van der Waals surface area contributed by atoms with Gasteiger partial charge in [0.05, 0.1) is 18.4 Å². The van der Waals surface area contributed by atoms with Crippen molar-refractivity contribution in [3.63, 3.8) is 0 Å². The molecule has 2 rings (SSSR count). The lowest BCUT2D eigenvalue weighted by atomic mass is 10.2. The van der Waals surface area contributed by atoms with Crippen molar-refractivity contribution in [2.45, 2.75) is 6.92 Å². The molecule has 0 spiro atoms. The van der Waals surface area contributed by atoms with Gasteiger partial charge in [0.25, 0.3) is 0 Å². The van der Waals surface area contributed by atoms with Gasteiger partial charge in [-0.2, -0.15) is 5.26 Å². The smallest absolute Gasteiger partial charge is 0.219 e. The van der Waals surface area contributed by atoms with Crippen molar-refractivity contribution < 1.29 is 9.47 Å². The number of nitriles is 1. The molecule has 0 saturated heterocycles. The molecule has 1 aromatic carbocycles. The second-order valence-corrected chi connectivity index (χ2v) is 3.75. The number of hydrogen-bond donors (Lipinski definition) is 0. The Bertz CT molecular complexity index is 648. The third kappa shape index (κ3) is 3.09. The molecule has 0 fully saturated rings. The van der Waals surface area contributed by atoms with E-state index >= 15 is 0 Å². The predicted molar refractivity (Wildman–Crippen MR) is 72.1 cm³/mol. The largest absolute Gasteiger partial charge is 0.492 e. The first-order valence-electron chi connectivity index (χ1n) is 5.91. The molecular weight excluding hydrogens is 258 g/mol. The summed E-state index contributed by atoms with van der Waals surface area (Å²) in [6.07, 6.45) is 1.31. The molecule has 1 aromatic heterocycles. The van der Waals surface area contributed by atoms with Crippen molar-refractivity contribution in [3.8, 4) is 23.4 Å². The van der Waals surface area contributed by atoms with Gasteiger partial charge in [-0.1, -0.05) is 0 Å². The van der Waals surface area contributed by atoms with Crippen LogP contribution in [0, 0.1) is 16.2 Å². The molecule has 0 N–H and O–H groups in total. The van der Waals surface area contributed by atoms with Gasteiger partial charge in [-0.15, -0.1) is 4.91 Å². The van der Waals surface area contributed by atoms with Crippen LogP contribution in [-0.2, 0) is 0 Å². The molecule has 6 heteroatoms. The van der Waals surface area contributed by atoms with Crippen molar-refractivity contribution in [3.05, 3.63) is 47.0 Å². The van der Waals surface area contributed by atoms with Gasteiger partial charge in [0, 0.05) is 12.1 Å². The quantitative estimate of drug-likeness (QED) is 0.775. The Kier molecular flexibility index (Phi) is 4.24. The summed E-state index contributed by atoms with van der Waals surface area (Å²) in [5.41, 5.74) is 0.667. The number of pyridine rings is 1. The summed E-state index contributed by atoms with van der Waals surface area (Å²) in [6.45, 7) is 2.29. The Morgan fingerprint density at radius 1 is 1.35 bits per heavy atom. The minimum Gasteiger partial charge on any atom is -0.492 e. The van der Waals surface area contributed by atoms with Crippen molar-refractivity contribution in [2.75, 3.05) is 6.61 Å². The minimum absolute atomic E-state index is 0.229. The molecule has 0 aliphatic carbocycles. The number of hydrogen-bond acceptors (Lipinski definition) is 6. The molecule has 100 valence electrons. The van der Waals surface area contributed by atoms with Crippen LogP contribution in [0.15, 0.2) is 41.7 Å². The molecule has 0 unspecified atom stereocenters. The summed E-state index contributed by atoms with van der Waals surface area (Å²) < 4.78 is 10.9.